The third kappa shape index (κ3) is 4.60. The van der Waals surface area contributed by atoms with E-state index >= 15 is 0 Å². The molecule has 0 aliphatic heterocycles. The zero-order valence-electron chi connectivity index (χ0n) is 9.38. The predicted octanol–water partition coefficient (Wildman–Crippen LogP) is 0.859. The number of pyridine rings is 1. The lowest BCUT2D eigenvalue weighted by Gasteiger charge is -2.04. The monoisotopic (exact) mass is 239 g/mol. The molecule has 1 aromatic rings. The van der Waals surface area contributed by atoms with Crippen molar-refractivity contribution in [1.29, 1.82) is 0 Å². The van der Waals surface area contributed by atoms with E-state index in [1.54, 1.807) is 13.0 Å². The number of ether oxygens (including phenoxy) is 2. The highest BCUT2D eigenvalue weighted by atomic mass is 16.6. The summed E-state index contributed by atoms with van der Waals surface area (Å²) in [5, 5.41) is 8.63. The molecular formula is C11H13NO5. The Kier molecular flexibility index (Phi) is 5.09. The van der Waals surface area contributed by atoms with Crippen molar-refractivity contribution in [3.63, 3.8) is 0 Å². The van der Waals surface area contributed by atoms with Crippen molar-refractivity contribution in [3.8, 4) is 0 Å². The predicted molar refractivity (Wildman–Crippen MR) is 57.5 cm³/mol. The zero-order valence-corrected chi connectivity index (χ0v) is 9.38. The van der Waals surface area contributed by atoms with Crippen LogP contribution in [-0.2, 0) is 20.9 Å². The number of hydrogen-bond donors (Lipinski definition) is 1. The summed E-state index contributed by atoms with van der Waals surface area (Å²) < 4.78 is 9.75. The number of aromatic nitrogens is 1. The van der Waals surface area contributed by atoms with E-state index in [1.807, 2.05) is 0 Å². The fourth-order valence-electron chi connectivity index (χ4n) is 1.09. The summed E-state index contributed by atoms with van der Waals surface area (Å²) in [4.78, 5) is 25.2. The average molecular weight is 239 g/mol. The lowest BCUT2D eigenvalue weighted by Crippen LogP contribution is -2.12. The maximum Gasteiger partial charge on any atom is 0.354 e. The van der Waals surface area contributed by atoms with Crippen LogP contribution in [0.5, 0.6) is 0 Å². The molecule has 0 amide bonds. The van der Waals surface area contributed by atoms with Gasteiger partial charge >= 0.3 is 11.9 Å². The topological polar surface area (TPSA) is 85.7 Å². The van der Waals surface area contributed by atoms with Gasteiger partial charge in [0.05, 0.1) is 13.2 Å². The quantitative estimate of drug-likeness (QED) is 0.741. The van der Waals surface area contributed by atoms with Gasteiger partial charge in [0.2, 0.25) is 0 Å². The van der Waals surface area contributed by atoms with Gasteiger partial charge in [0.1, 0.15) is 12.3 Å². The maximum absolute atomic E-state index is 10.9. The van der Waals surface area contributed by atoms with Crippen molar-refractivity contribution < 1.29 is 24.2 Å². The number of nitrogens with zero attached hydrogens (tertiary/aromatic N) is 1. The Morgan fingerprint density at radius 2 is 2.18 bits per heavy atom. The molecular weight excluding hydrogens is 226 g/mol. The molecule has 1 rings (SSSR count). The van der Waals surface area contributed by atoms with Crippen molar-refractivity contribution in [2.75, 3.05) is 13.2 Å². The molecule has 0 aliphatic carbocycles. The van der Waals surface area contributed by atoms with E-state index in [9.17, 15) is 9.59 Å². The second-order valence-electron chi connectivity index (χ2n) is 3.15. The Hall–Kier alpha value is -1.95. The molecule has 0 aromatic carbocycles. The summed E-state index contributed by atoms with van der Waals surface area (Å²) in [6.45, 7) is 2.09. The number of carboxylic acids is 1. The number of rotatable bonds is 6. The molecule has 1 aromatic heterocycles. The van der Waals surface area contributed by atoms with Crippen molar-refractivity contribution in [2.24, 2.45) is 0 Å². The first kappa shape index (κ1) is 13.1. The Morgan fingerprint density at radius 3 is 2.71 bits per heavy atom. The number of carboxylic acid groups (broad SMARTS) is 1. The number of carbonyl (C=O) groups is 2. The van der Waals surface area contributed by atoms with Gasteiger partial charge in [-0.2, -0.15) is 0 Å². The molecule has 0 saturated carbocycles. The molecule has 1 heterocycles. The Balaban J connectivity index is 2.37. The van der Waals surface area contributed by atoms with Gasteiger partial charge in [-0.15, -0.1) is 0 Å². The molecule has 1 N–H and O–H groups in total. The van der Waals surface area contributed by atoms with Crippen LogP contribution in [0.25, 0.3) is 0 Å². The van der Waals surface area contributed by atoms with Gasteiger partial charge in [0, 0.05) is 6.20 Å². The van der Waals surface area contributed by atoms with Crippen molar-refractivity contribution in [3.05, 3.63) is 29.6 Å². The van der Waals surface area contributed by atoms with Gasteiger partial charge in [-0.3, -0.25) is 0 Å². The summed E-state index contributed by atoms with van der Waals surface area (Å²) in [6.07, 6.45) is 1.40. The van der Waals surface area contributed by atoms with Gasteiger partial charge < -0.3 is 14.6 Å². The lowest BCUT2D eigenvalue weighted by molar-refractivity contribution is -0.148. The highest BCUT2D eigenvalue weighted by Gasteiger charge is 2.05. The Labute approximate surface area is 98.2 Å². The second kappa shape index (κ2) is 6.59. The van der Waals surface area contributed by atoms with Crippen LogP contribution >= 0.6 is 0 Å². The van der Waals surface area contributed by atoms with Gasteiger partial charge in [-0.1, -0.05) is 6.07 Å². The van der Waals surface area contributed by atoms with Gasteiger partial charge in [-0.25, -0.2) is 14.6 Å². The molecule has 0 spiro atoms. The van der Waals surface area contributed by atoms with E-state index in [-0.39, 0.29) is 18.9 Å². The Bertz CT molecular complexity index is 387. The van der Waals surface area contributed by atoms with E-state index in [0.717, 1.165) is 0 Å². The highest BCUT2D eigenvalue weighted by Crippen LogP contribution is 2.02. The summed E-state index contributed by atoms with van der Waals surface area (Å²) >= 11 is 0. The van der Waals surface area contributed by atoms with E-state index in [4.69, 9.17) is 9.84 Å². The highest BCUT2D eigenvalue weighted by molar-refractivity contribution is 5.85. The third-order valence-electron chi connectivity index (χ3n) is 1.84. The number of carbonyl (C=O) groups excluding carboxylic acids is 1. The minimum atomic E-state index is -1.08. The zero-order chi connectivity index (χ0) is 12.7. The summed E-state index contributed by atoms with van der Waals surface area (Å²) in [5.41, 5.74) is 0.665. The normalized spacial score (nSPS) is 9.94. The van der Waals surface area contributed by atoms with Crippen molar-refractivity contribution in [1.82, 2.24) is 4.98 Å². The van der Waals surface area contributed by atoms with Gasteiger partial charge in [-0.05, 0) is 18.6 Å². The van der Waals surface area contributed by atoms with Gasteiger partial charge in [0.25, 0.3) is 0 Å². The Morgan fingerprint density at radius 1 is 1.41 bits per heavy atom. The molecule has 0 unspecified atom stereocenters. The van der Waals surface area contributed by atoms with Crippen LogP contribution in [0.3, 0.4) is 0 Å². The standard InChI is InChI=1S/C11H13NO5/c1-2-17-10(13)7-16-6-8-3-4-9(11(14)15)12-5-8/h3-5H,2,6-7H2,1H3,(H,14,15). The van der Waals surface area contributed by atoms with E-state index in [1.165, 1.54) is 12.3 Å². The van der Waals surface area contributed by atoms with Crippen LogP contribution < -0.4 is 0 Å². The van der Waals surface area contributed by atoms with Crippen LogP contribution in [0.2, 0.25) is 0 Å². The van der Waals surface area contributed by atoms with Gasteiger partial charge in [0.15, 0.2) is 0 Å². The first-order valence-electron chi connectivity index (χ1n) is 5.05. The summed E-state index contributed by atoms with van der Waals surface area (Å²) in [7, 11) is 0. The van der Waals surface area contributed by atoms with Crippen LogP contribution in [0.4, 0.5) is 0 Å². The lowest BCUT2D eigenvalue weighted by atomic mass is 10.2. The molecule has 17 heavy (non-hydrogen) atoms. The fourth-order valence-corrected chi connectivity index (χ4v) is 1.09. The first-order chi connectivity index (χ1) is 8.13. The molecule has 0 atom stereocenters. The minimum Gasteiger partial charge on any atom is -0.477 e. The average Bonchev–Trinajstić information content (AvgIpc) is 2.30. The molecule has 0 saturated heterocycles. The third-order valence-corrected chi connectivity index (χ3v) is 1.84. The molecule has 6 nitrogen and oxygen atoms in total. The largest absolute Gasteiger partial charge is 0.477 e. The number of esters is 1. The fraction of sp³-hybridized carbons (Fsp3) is 0.364. The first-order valence-corrected chi connectivity index (χ1v) is 5.05. The van der Waals surface area contributed by atoms with Crippen LogP contribution in [-0.4, -0.2) is 35.2 Å². The minimum absolute atomic E-state index is 0.0286. The molecule has 0 aliphatic rings. The van der Waals surface area contributed by atoms with E-state index in [0.29, 0.717) is 12.2 Å². The number of aromatic carboxylic acids is 1. The van der Waals surface area contributed by atoms with Crippen molar-refractivity contribution in [2.45, 2.75) is 13.5 Å². The van der Waals surface area contributed by atoms with Crippen LogP contribution in [0.1, 0.15) is 23.0 Å². The molecule has 92 valence electrons. The smallest absolute Gasteiger partial charge is 0.354 e. The van der Waals surface area contributed by atoms with Crippen LogP contribution in [0.15, 0.2) is 18.3 Å². The van der Waals surface area contributed by atoms with Crippen LogP contribution in [0, 0.1) is 0 Å². The summed E-state index contributed by atoms with van der Waals surface area (Å²) in [5.74, 6) is -1.51. The van der Waals surface area contributed by atoms with Crippen molar-refractivity contribution >= 4 is 11.9 Å². The van der Waals surface area contributed by atoms with E-state index < -0.39 is 11.9 Å². The number of hydrogen-bond acceptors (Lipinski definition) is 5. The maximum atomic E-state index is 10.9. The SMILES string of the molecule is CCOC(=O)COCc1ccc(C(=O)O)nc1. The molecule has 0 fully saturated rings. The molecule has 6 heteroatoms. The second-order valence-corrected chi connectivity index (χ2v) is 3.15. The molecule has 0 radical (unpaired) electrons. The van der Waals surface area contributed by atoms with E-state index in [2.05, 4.69) is 9.72 Å². The summed E-state index contributed by atoms with van der Waals surface area (Å²) in [6, 6.07) is 2.97. The molecule has 0 bridgehead atoms.